The average Bonchev–Trinajstić information content (AvgIpc) is 2.28. The third-order valence-corrected chi connectivity index (χ3v) is 5.15. The third kappa shape index (κ3) is 3.76. The van der Waals surface area contributed by atoms with E-state index in [0.717, 1.165) is 11.1 Å². The quantitative estimate of drug-likeness (QED) is 0.807. The van der Waals surface area contributed by atoms with Gasteiger partial charge in [0.2, 0.25) is 10.0 Å². The molecular weight excluding hydrogens is 268 g/mol. The Labute approximate surface area is 114 Å². The second kappa shape index (κ2) is 5.77. The van der Waals surface area contributed by atoms with Crippen LogP contribution >= 0.6 is 12.2 Å². The molecule has 18 heavy (non-hydrogen) atoms. The van der Waals surface area contributed by atoms with Crippen molar-refractivity contribution in [3.63, 3.8) is 0 Å². The highest BCUT2D eigenvalue weighted by Crippen LogP contribution is 2.15. The van der Waals surface area contributed by atoms with Crippen molar-refractivity contribution in [1.82, 2.24) is 4.72 Å². The molecule has 0 aliphatic heterocycles. The highest BCUT2D eigenvalue weighted by molar-refractivity contribution is 7.93. The molecule has 0 spiro atoms. The predicted octanol–water partition coefficient (Wildman–Crippen LogP) is 1.65. The van der Waals surface area contributed by atoms with Gasteiger partial charge in [-0.1, -0.05) is 42.0 Å². The molecule has 1 aromatic carbocycles. The average molecular weight is 286 g/mol. The smallest absolute Gasteiger partial charge is 0.221 e. The number of thiocarbonyl (C=S) groups is 1. The Hall–Kier alpha value is -0.980. The van der Waals surface area contributed by atoms with Crippen LogP contribution in [-0.2, 0) is 10.0 Å². The molecule has 0 radical (unpaired) electrons. The number of nitrogens with two attached hydrogens (primary N) is 1. The Balaban J connectivity index is 2.85. The molecule has 0 fully saturated rings. The zero-order valence-electron chi connectivity index (χ0n) is 10.7. The minimum atomic E-state index is -3.53. The first-order chi connectivity index (χ1) is 8.24. The Morgan fingerprint density at radius 2 is 1.78 bits per heavy atom. The van der Waals surface area contributed by atoms with Crippen molar-refractivity contribution in [2.75, 3.05) is 0 Å². The fourth-order valence-corrected chi connectivity index (χ4v) is 2.94. The summed E-state index contributed by atoms with van der Waals surface area (Å²) in [6, 6.07) is 7.36. The summed E-state index contributed by atoms with van der Waals surface area (Å²) in [7, 11) is -3.53. The molecule has 0 saturated carbocycles. The van der Waals surface area contributed by atoms with Gasteiger partial charge in [0.1, 0.15) is 5.25 Å². The van der Waals surface area contributed by atoms with E-state index >= 15 is 0 Å². The van der Waals surface area contributed by atoms with E-state index in [1.54, 1.807) is 6.92 Å². The maximum Gasteiger partial charge on any atom is 0.221 e. The molecule has 3 N–H and O–H groups in total. The maximum atomic E-state index is 11.9. The van der Waals surface area contributed by atoms with Gasteiger partial charge in [0, 0.05) is 6.04 Å². The first kappa shape index (κ1) is 15.1. The van der Waals surface area contributed by atoms with E-state index in [9.17, 15) is 8.42 Å². The van der Waals surface area contributed by atoms with Crippen LogP contribution in [-0.4, -0.2) is 18.7 Å². The van der Waals surface area contributed by atoms with Crippen LogP contribution in [0.25, 0.3) is 0 Å². The Morgan fingerprint density at radius 1 is 1.28 bits per heavy atom. The highest BCUT2D eigenvalue weighted by atomic mass is 32.2. The van der Waals surface area contributed by atoms with Gasteiger partial charge >= 0.3 is 0 Å². The van der Waals surface area contributed by atoms with Crippen LogP contribution in [0.3, 0.4) is 0 Å². The molecule has 2 atom stereocenters. The van der Waals surface area contributed by atoms with Crippen molar-refractivity contribution in [1.29, 1.82) is 0 Å². The number of benzene rings is 1. The minimum Gasteiger partial charge on any atom is -0.392 e. The first-order valence-corrected chi connectivity index (χ1v) is 7.56. The lowest BCUT2D eigenvalue weighted by molar-refractivity contribution is 0.564. The number of nitrogens with one attached hydrogen (secondary N) is 1. The Morgan fingerprint density at radius 3 is 2.22 bits per heavy atom. The molecule has 6 heteroatoms. The number of hydrogen-bond acceptors (Lipinski definition) is 3. The lowest BCUT2D eigenvalue weighted by Crippen LogP contribution is -2.40. The van der Waals surface area contributed by atoms with E-state index in [1.807, 2.05) is 31.2 Å². The van der Waals surface area contributed by atoms with Crippen LogP contribution in [0.1, 0.15) is 31.0 Å². The summed E-state index contributed by atoms with van der Waals surface area (Å²) in [5.74, 6) is 0. The lowest BCUT2D eigenvalue weighted by Gasteiger charge is -2.18. The van der Waals surface area contributed by atoms with E-state index in [0.29, 0.717) is 0 Å². The predicted molar refractivity (Wildman–Crippen MR) is 77.9 cm³/mol. The van der Waals surface area contributed by atoms with Gasteiger partial charge in [-0.15, -0.1) is 0 Å². The SMILES string of the molecule is Cc1ccc(C(C)NS(=O)(=O)C(C)C(N)=S)cc1. The second-order valence-corrected chi connectivity index (χ2v) is 6.84. The molecule has 0 amide bonds. The van der Waals surface area contributed by atoms with Crippen LogP contribution in [0.2, 0.25) is 0 Å². The molecular formula is C12H18N2O2S2. The van der Waals surface area contributed by atoms with E-state index in [1.165, 1.54) is 6.92 Å². The van der Waals surface area contributed by atoms with Gasteiger partial charge in [0.15, 0.2) is 0 Å². The number of aryl methyl sites for hydroxylation is 1. The zero-order chi connectivity index (χ0) is 13.9. The Kier molecular flexibility index (Phi) is 4.84. The van der Waals surface area contributed by atoms with Gasteiger partial charge in [0.25, 0.3) is 0 Å². The molecule has 0 aliphatic rings. The molecule has 4 nitrogen and oxygen atoms in total. The van der Waals surface area contributed by atoms with Crippen LogP contribution in [0, 0.1) is 6.92 Å². The maximum absolute atomic E-state index is 11.9. The van der Waals surface area contributed by atoms with E-state index < -0.39 is 15.3 Å². The van der Waals surface area contributed by atoms with Crippen LogP contribution in [0.15, 0.2) is 24.3 Å². The highest BCUT2D eigenvalue weighted by Gasteiger charge is 2.25. The monoisotopic (exact) mass is 286 g/mol. The van der Waals surface area contributed by atoms with Crippen molar-refractivity contribution in [2.45, 2.75) is 32.1 Å². The normalized spacial score (nSPS) is 15.1. The molecule has 0 aliphatic carbocycles. The van der Waals surface area contributed by atoms with Gasteiger partial charge in [0.05, 0.1) is 4.99 Å². The van der Waals surface area contributed by atoms with Crippen molar-refractivity contribution in [3.8, 4) is 0 Å². The standard InChI is InChI=1S/C12H18N2O2S2/c1-8-4-6-11(7-5-8)9(2)14-18(15,16)10(3)12(13)17/h4-7,9-10,14H,1-3H3,(H2,13,17). The van der Waals surface area contributed by atoms with E-state index in [-0.39, 0.29) is 11.0 Å². The first-order valence-electron chi connectivity index (χ1n) is 5.61. The van der Waals surface area contributed by atoms with Crippen molar-refractivity contribution in [2.24, 2.45) is 5.73 Å². The zero-order valence-corrected chi connectivity index (χ0v) is 12.3. The van der Waals surface area contributed by atoms with Crippen molar-refractivity contribution < 1.29 is 8.42 Å². The number of sulfonamides is 1. The van der Waals surface area contributed by atoms with E-state index in [4.69, 9.17) is 18.0 Å². The Bertz CT molecular complexity index is 524. The largest absolute Gasteiger partial charge is 0.392 e. The van der Waals surface area contributed by atoms with Gasteiger partial charge in [-0.3, -0.25) is 0 Å². The van der Waals surface area contributed by atoms with Crippen LogP contribution in [0.5, 0.6) is 0 Å². The second-order valence-electron chi connectivity index (χ2n) is 4.34. The summed E-state index contributed by atoms with van der Waals surface area (Å²) in [4.78, 5) is -0.0291. The summed E-state index contributed by atoms with van der Waals surface area (Å²) in [6.45, 7) is 5.24. The van der Waals surface area contributed by atoms with Gasteiger partial charge in [-0.05, 0) is 26.3 Å². The fraction of sp³-hybridized carbons (Fsp3) is 0.417. The minimum absolute atomic E-state index is 0.0291. The molecule has 0 aromatic heterocycles. The summed E-state index contributed by atoms with van der Waals surface area (Å²) >= 11 is 4.71. The molecule has 1 aromatic rings. The summed E-state index contributed by atoms with van der Waals surface area (Å²) in [5.41, 5.74) is 7.40. The summed E-state index contributed by atoms with van der Waals surface area (Å²) < 4.78 is 26.5. The topological polar surface area (TPSA) is 72.2 Å². The number of rotatable bonds is 5. The van der Waals surface area contributed by atoms with Gasteiger partial charge in [-0.2, -0.15) is 0 Å². The summed E-state index contributed by atoms with van der Waals surface area (Å²) in [5, 5.41) is -0.875. The lowest BCUT2D eigenvalue weighted by atomic mass is 10.1. The molecule has 100 valence electrons. The van der Waals surface area contributed by atoms with Crippen LogP contribution < -0.4 is 10.5 Å². The van der Waals surface area contributed by atoms with E-state index in [2.05, 4.69) is 4.72 Å². The van der Waals surface area contributed by atoms with Crippen LogP contribution in [0.4, 0.5) is 0 Å². The van der Waals surface area contributed by atoms with Crippen molar-refractivity contribution >= 4 is 27.2 Å². The molecule has 0 heterocycles. The van der Waals surface area contributed by atoms with Gasteiger partial charge in [-0.25, -0.2) is 13.1 Å². The van der Waals surface area contributed by atoms with Gasteiger partial charge < -0.3 is 5.73 Å². The number of hydrogen-bond donors (Lipinski definition) is 2. The molecule has 1 rings (SSSR count). The molecule has 2 unspecified atom stereocenters. The molecule has 0 bridgehead atoms. The third-order valence-electron chi connectivity index (χ3n) is 2.78. The molecule has 0 saturated heterocycles. The fourth-order valence-electron chi connectivity index (χ4n) is 1.42. The summed E-state index contributed by atoms with van der Waals surface area (Å²) in [6.07, 6.45) is 0. The van der Waals surface area contributed by atoms with Crippen molar-refractivity contribution in [3.05, 3.63) is 35.4 Å².